The number of rotatable bonds is 5. The number of H-pyrrole nitrogens is 1. The summed E-state index contributed by atoms with van der Waals surface area (Å²) in [5.74, 6) is 0. The number of nitrogens with zero attached hydrogens (tertiary/aromatic N) is 2. The van der Waals surface area contributed by atoms with Crippen molar-refractivity contribution in [1.82, 2.24) is 14.9 Å². The van der Waals surface area contributed by atoms with Crippen LogP contribution >= 0.6 is 0 Å². The van der Waals surface area contributed by atoms with Crippen LogP contribution in [0.5, 0.6) is 0 Å². The molecule has 0 spiro atoms. The maximum absolute atomic E-state index is 12.4. The number of hydrogen-bond donors (Lipinski definition) is 1. The van der Waals surface area contributed by atoms with E-state index in [1.165, 1.54) is 5.56 Å². The number of aryl methyl sites for hydroxylation is 1. The predicted molar refractivity (Wildman–Crippen MR) is 107 cm³/mol. The van der Waals surface area contributed by atoms with Gasteiger partial charge in [-0.15, -0.1) is 0 Å². The lowest BCUT2D eigenvalue weighted by molar-refractivity contribution is -0.00528. The molecule has 0 unspecified atom stereocenters. The van der Waals surface area contributed by atoms with Gasteiger partial charge in [-0.3, -0.25) is 14.7 Å². The number of piperidine rings is 1. The van der Waals surface area contributed by atoms with Crippen molar-refractivity contribution in [2.75, 3.05) is 13.1 Å². The zero-order valence-corrected chi connectivity index (χ0v) is 15.6. The van der Waals surface area contributed by atoms with E-state index in [9.17, 15) is 4.79 Å². The van der Waals surface area contributed by atoms with Gasteiger partial charge < -0.3 is 9.72 Å². The summed E-state index contributed by atoms with van der Waals surface area (Å²) in [5.41, 5.74) is 3.92. The fourth-order valence-corrected chi connectivity index (χ4v) is 3.65. The number of ether oxygens (including phenoxy) is 1. The largest absolute Gasteiger partial charge is 0.372 e. The molecule has 1 aliphatic rings. The monoisotopic (exact) mass is 363 g/mol. The molecule has 140 valence electrons. The molecule has 0 amide bonds. The van der Waals surface area contributed by atoms with Gasteiger partial charge in [0.2, 0.25) is 0 Å². The second-order valence-electron chi connectivity index (χ2n) is 7.32. The summed E-state index contributed by atoms with van der Waals surface area (Å²) in [7, 11) is 0. The molecule has 5 heteroatoms. The Labute approximate surface area is 159 Å². The first-order chi connectivity index (χ1) is 13.2. The molecule has 1 fully saturated rings. The number of aromatic amines is 1. The molecule has 1 N–H and O–H groups in total. The number of fused-ring (bicyclic) bond motifs is 1. The number of pyridine rings is 2. The summed E-state index contributed by atoms with van der Waals surface area (Å²) in [5, 5.41) is 1.10. The summed E-state index contributed by atoms with van der Waals surface area (Å²) >= 11 is 0. The maximum atomic E-state index is 12.4. The quantitative estimate of drug-likeness (QED) is 0.755. The smallest absolute Gasteiger partial charge is 0.252 e. The van der Waals surface area contributed by atoms with Gasteiger partial charge in [-0.1, -0.05) is 17.7 Å². The molecule has 0 aliphatic carbocycles. The summed E-state index contributed by atoms with van der Waals surface area (Å²) in [6.07, 6.45) is 4.03. The van der Waals surface area contributed by atoms with Crippen molar-refractivity contribution < 1.29 is 4.74 Å². The molecule has 0 bridgehead atoms. The van der Waals surface area contributed by atoms with Gasteiger partial charge in [0, 0.05) is 36.9 Å². The number of benzene rings is 1. The first kappa shape index (κ1) is 17.9. The lowest BCUT2D eigenvalue weighted by Crippen LogP contribution is -2.37. The van der Waals surface area contributed by atoms with Gasteiger partial charge in [0.1, 0.15) is 0 Å². The summed E-state index contributed by atoms with van der Waals surface area (Å²) < 4.78 is 6.01. The molecule has 3 aromatic rings. The van der Waals surface area contributed by atoms with Gasteiger partial charge in [-0.05, 0) is 55.5 Å². The predicted octanol–water partition coefficient (Wildman–Crippen LogP) is 3.41. The minimum Gasteiger partial charge on any atom is -0.372 e. The molecule has 0 atom stereocenters. The van der Waals surface area contributed by atoms with Crippen LogP contribution < -0.4 is 5.56 Å². The molecule has 0 radical (unpaired) electrons. The van der Waals surface area contributed by atoms with Crippen LogP contribution in [0.15, 0.2) is 53.5 Å². The van der Waals surface area contributed by atoms with Crippen LogP contribution in [0.25, 0.3) is 10.9 Å². The molecule has 1 aliphatic heterocycles. The maximum Gasteiger partial charge on any atom is 0.252 e. The summed E-state index contributed by atoms with van der Waals surface area (Å²) in [4.78, 5) is 22.1. The first-order valence-electron chi connectivity index (χ1n) is 9.54. The van der Waals surface area contributed by atoms with Crippen LogP contribution in [0.3, 0.4) is 0 Å². The zero-order valence-electron chi connectivity index (χ0n) is 15.6. The first-order valence-corrected chi connectivity index (χ1v) is 9.54. The molecule has 0 saturated carbocycles. The molecule has 1 saturated heterocycles. The minimum absolute atomic E-state index is 0.0138. The highest BCUT2D eigenvalue weighted by atomic mass is 16.5. The third kappa shape index (κ3) is 4.43. The molecular weight excluding hydrogens is 338 g/mol. The van der Waals surface area contributed by atoms with E-state index in [1.807, 2.05) is 36.4 Å². The van der Waals surface area contributed by atoms with Crippen LogP contribution in [0, 0.1) is 6.92 Å². The Morgan fingerprint density at radius 2 is 2.04 bits per heavy atom. The lowest BCUT2D eigenvalue weighted by atomic mass is 10.1. The van der Waals surface area contributed by atoms with Crippen molar-refractivity contribution in [3.63, 3.8) is 0 Å². The topological polar surface area (TPSA) is 58.2 Å². The Morgan fingerprint density at radius 1 is 1.19 bits per heavy atom. The van der Waals surface area contributed by atoms with E-state index in [4.69, 9.17) is 4.74 Å². The van der Waals surface area contributed by atoms with E-state index < -0.39 is 0 Å². The number of likely N-dealkylation sites (tertiary alicyclic amines) is 1. The Kier molecular flexibility index (Phi) is 5.32. The normalized spacial score (nSPS) is 16.0. The second kappa shape index (κ2) is 8.03. The van der Waals surface area contributed by atoms with Gasteiger partial charge in [0.05, 0.1) is 18.4 Å². The van der Waals surface area contributed by atoms with Gasteiger partial charge in [0.25, 0.3) is 5.56 Å². The molecule has 4 rings (SSSR count). The fraction of sp³-hybridized carbons (Fsp3) is 0.364. The fourth-order valence-electron chi connectivity index (χ4n) is 3.65. The number of nitrogens with one attached hydrogen (secondary N) is 1. The lowest BCUT2D eigenvalue weighted by Gasteiger charge is -2.31. The average Bonchev–Trinajstić information content (AvgIpc) is 2.69. The zero-order chi connectivity index (χ0) is 18.6. The average molecular weight is 363 g/mol. The van der Waals surface area contributed by atoms with Gasteiger partial charge in [0.15, 0.2) is 0 Å². The summed E-state index contributed by atoms with van der Waals surface area (Å²) in [6, 6.07) is 14.0. The molecule has 5 nitrogen and oxygen atoms in total. The third-order valence-electron chi connectivity index (χ3n) is 5.20. The number of aromatic nitrogens is 2. The van der Waals surface area contributed by atoms with Gasteiger partial charge >= 0.3 is 0 Å². The van der Waals surface area contributed by atoms with Crippen molar-refractivity contribution >= 4 is 10.9 Å². The van der Waals surface area contributed by atoms with Crippen LogP contribution in [-0.2, 0) is 17.9 Å². The summed E-state index contributed by atoms with van der Waals surface area (Å²) in [6.45, 7) is 5.21. The van der Waals surface area contributed by atoms with Crippen LogP contribution in [0.2, 0.25) is 0 Å². The number of hydrogen-bond acceptors (Lipinski definition) is 4. The van der Waals surface area contributed by atoms with E-state index in [-0.39, 0.29) is 11.7 Å². The van der Waals surface area contributed by atoms with Crippen molar-refractivity contribution in [3.8, 4) is 0 Å². The van der Waals surface area contributed by atoms with Crippen LogP contribution in [-0.4, -0.2) is 34.1 Å². The Hall–Kier alpha value is -2.50. The highest BCUT2D eigenvalue weighted by Crippen LogP contribution is 2.18. The van der Waals surface area contributed by atoms with Gasteiger partial charge in [-0.2, -0.15) is 0 Å². The van der Waals surface area contributed by atoms with Gasteiger partial charge in [-0.25, -0.2) is 0 Å². The third-order valence-corrected chi connectivity index (χ3v) is 5.20. The van der Waals surface area contributed by atoms with Crippen molar-refractivity contribution in [2.24, 2.45) is 0 Å². The van der Waals surface area contributed by atoms with Crippen molar-refractivity contribution in [2.45, 2.75) is 39.0 Å². The van der Waals surface area contributed by atoms with Crippen molar-refractivity contribution in [3.05, 3.63) is 75.8 Å². The molecule has 1 aromatic carbocycles. The Balaban J connectivity index is 1.34. The molecular formula is C22H25N3O2. The highest BCUT2D eigenvalue weighted by molar-refractivity contribution is 5.79. The van der Waals surface area contributed by atoms with E-state index in [0.29, 0.717) is 13.2 Å². The highest BCUT2D eigenvalue weighted by Gasteiger charge is 2.20. The standard InChI is InChI=1S/C22H25N3O2/c1-16-5-6-21-17(12-16)13-18(22(26)24-21)14-25-10-7-20(8-11-25)27-15-19-4-2-3-9-23-19/h2-6,9,12-13,20H,7-8,10-11,14-15H2,1H3,(H,24,26). The SMILES string of the molecule is Cc1ccc2[nH]c(=O)c(CN3CCC(OCc4ccccn4)CC3)cc2c1. The van der Waals surface area contributed by atoms with E-state index in [2.05, 4.69) is 27.9 Å². The second-order valence-corrected chi connectivity index (χ2v) is 7.32. The van der Waals surface area contributed by atoms with E-state index in [1.54, 1.807) is 6.20 Å². The molecule has 2 aromatic heterocycles. The van der Waals surface area contributed by atoms with Crippen LogP contribution in [0.1, 0.15) is 29.7 Å². The molecule has 27 heavy (non-hydrogen) atoms. The van der Waals surface area contributed by atoms with Crippen molar-refractivity contribution in [1.29, 1.82) is 0 Å². The Morgan fingerprint density at radius 3 is 2.81 bits per heavy atom. The van der Waals surface area contributed by atoms with E-state index >= 15 is 0 Å². The van der Waals surface area contributed by atoms with E-state index in [0.717, 1.165) is 48.1 Å². The minimum atomic E-state index is 0.0138. The molecule has 3 heterocycles. The Bertz CT molecular complexity index is 960. The van der Waals surface area contributed by atoms with Crippen LogP contribution in [0.4, 0.5) is 0 Å².